The van der Waals surface area contributed by atoms with Crippen molar-refractivity contribution in [3.63, 3.8) is 0 Å². The highest BCUT2D eigenvalue weighted by Gasteiger charge is 2.55. The van der Waals surface area contributed by atoms with Crippen LogP contribution in [0.3, 0.4) is 0 Å². The molecule has 1 aromatic rings. The lowest BCUT2D eigenvalue weighted by atomic mass is 9.89. The van der Waals surface area contributed by atoms with Gasteiger partial charge in [0.15, 0.2) is 0 Å². The second-order valence-corrected chi connectivity index (χ2v) is 6.80. The lowest BCUT2D eigenvalue weighted by Gasteiger charge is -2.52. The molecule has 2 aliphatic heterocycles. The fourth-order valence-electron chi connectivity index (χ4n) is 2.23. The summed E-state index contributed by atoms with van der Waals surface area (Å²) in [6.07, 6.45) is 1.19. The molecule has 2 unspecified atom stereocenters. The third-order valence-corrected chi connectivity index (χ3v) is 6.18. The van der Waals surface area contributed by atoms with Crippen LogP contribution in [0.4, 0.5) is 0 Å². The number of carbonyl (C=O) groups excluding carboxylic acids is 1. The quantitative estimate of drug-likeness (QED) is 0.557. The van der Waals surface area contributed by atoms with E-state index < -0.39 is 17.4 Å². The maximum absolute atomic E-state index is 11.7. The van der Waals surface area contributed by atoms with Gasteiger partial charge in [0.1, 0.15) is 16.8 Å². The number of hydrogen-bond acceptors (Lipinski definition) is 8. The molecule has 2 saturated heterocycles. The van der Waals surface area contributed by atoms with Crippen LogP contribution in [0.1, 0.15) is 0 Å². The van der Waals surface area contributed by atoms with E-state index in [1.165, 1.54) is 29.9 Å². The SMILES string of the molecule is NC1C(=O)N2CC(CSc3nnco3)(C(=O)O)CS[C@H]12. The van der Waals surface area contributed by atoms with Crippen molar-refractivity contribution in [3.8, 4) is 0 Å². The first-order valence-corrected chi connectivity index (χ1v) is 7.87. The molecule has 3 rings (SSSR count). The van der Waals surface area contributed by atoms with Crippen LogP contribution >= 0.6 is 23.5 Å². The van der Waals surface area contributed by atoms with Gasteiger partial charge in [0.25, 0.3) is 5.22 Å². The molecule has 8 nitrogen and oxygen atoms in total. The second-order valence-electron chi connectivity index (χ2n) is 4.77. The minimum absolute atomic E-state index is 0.0941. The number of amides is 1. The Morgan fingerprint density at radius 3 is 3.20 bits per heavy atom. The second kappa shape index (κ2) is 4.93. The molecule has 1 amide bonds. The van der Waals surface area contributed by atoms with Crippen molar-refractivity contribution in [1.29, 1.82) is 0 Å². The molecule has 108 valence electrons. The lowest BCUT2D eigenvalue weighted by molar-refractivity contribution is -0.155. The summed E-state index contributed by atoms with van der Waals surface area (Å²) in [4.78, 5) is 24.9. The number of thioether (sulfide) groups is 2. The molecule has 3 N–H and O–H groups in total. The highest BCUT2D eigenvalue weighted by molar-refractivity contribution is 8.00. The Kier molecular flexibility index (Phi) is 3.38. The largest absolute Gasteiger partial charge is 0.481 e. The molecular formula is C10H12N4O4S2. The topological polar surface area (TPSA) is 123 Å². The average molecular weight is 316 g/mol. The van der Waals surface area contributed by atoms with Crippen LogP contribution in [-0.4, -0.2) is 61.5 Å². The van der Waals surface area contributed by atoms with Gasteiger partial charge in [-0.2, -0.15) is 0 Å². The zero-order valence-electron chi connectivity index (χ0n) is 10.3. The molecule has 0 bridgehead atoms. The predicted octanol–water partition coefficient (Wildman–Crippen LogP) is -0.525. The summed E-state index contributed by atoms with van der Waals surface area (Å²) in [5.41, 5.74) is 4.68. The third kappa shape index (κ3) is 2.07. The van der Waals surface area contributed by atoms with Gasteiger partial charge in [-0.05, 0) is 0 Å². The Labute approximate surface area is 122 Å². The number of β-lactam (4-membered cyclic amide) rings is 1. The maximum Gasteiger partial charge on any atom is 0.313 e. The van der Waals surface area contributed by atoms with Crippen molar-refractivity contribution < 1.29 is 19.1 Å². The average Bonchev–Trinajstić information content (AvgIpc) is 2.97. The molecule has 2 fully saturated rings. The molecule has 2 aliphatic rings. The van der Waals surface area contributed by atoms with E-state index >= 15 is 0 Å². The van der Waals surface area contributed by atoms with Gasteiger partial charge >= 0.3 is 5.97 Å². The van der Waals surface area contributed by atoms with E-state index in [9.17, 15) is 14.7 Å². The first-order valence-electron chi connectivity index (χ1n) is 5.83. The van der Waals surface area contributed by atoms with E-state index in [1.807, 2.05) is 0 Å². The third-order valence-electron chi connectivity index (χ3n) is 3.45. The summed E-state index contributed by atoms with van der Waals surface area (Å²) in [7, 11) is 0. The number of rotatable bonds is 4. The van der Waals surface area contributed by atoms with Gasteiger partial charge in [-0.25, -0.2) is 0 Å². The van der Waals surface area contributed by atoms with Gasteiger partial charge in [-0.1, -0.05) is 11.8 Å². The summed E-state index contributed by atoms with van der Waals surface area (Å²) in [6.45, 7) is 0.174. The molecule has 10 heteroatoms. The van der Waals surface area contributed by atoms with Crippen LogP contribution in [0.5, 0.6) is 0 Å². The van der Waals surface area contributed by atoms with Crippen molar-refractivity contribution in [3.05, 3.63) is 6.39 Å². The highest BCUT2D eigenvalue weighted by atomic mass is 32.2. The number of aromatic nitrogens is 2. The van der Waals surface area contributed by atoms with Crippen LogP contribution in [0, 0.1) is 5.41 Å². The number of nitrogens with zero attached hydrogens (tertiary/aromatic N) is 3. The normalized spacial score (nSPS) is 32.6. The van der Waals surface area contributed by atoms with E-state index in [0.29, 0.717) is 11.0 Å². The van der Waals surface area contributed by atoms with E-state index in [2.05, 4.69) is 10.2 Å². The monoisotopic (exact) mass is 316 g/mol. The number of carboxylic acids is 1. The smallest absolute Gasteiger partial charge is 0.313 e. The van der Waals surface area contributed by atoms with Gasteiger partial charge in [0, 0.05) is 18.1 Å². The van der Waals surface area contributed by atoms with Crippen LogP contribution in [0.25, 0.3) is 0 Å². The first kappa shape index (κ1) is 13.7. The molecule has 0 aromatic carbocycles. The van der Waals surface area contributed by atoms with Crippen LogP contribution in [-0.2, 0) is 9.59 Å². The Morgan fingerprint density at radius 1 is 1.75 bits per heavy atom. The molecule has 0 spiro atoms. The molecule has 3 heterocycles. The fraction of sp³-hybridized carbons (Fsp3) is 0.600. The fourth-order valence-corrected chi connectivity index (χ4v) is 4.78. The van der Waals surface area contributed by atoms with Gasteiger partial charge < -0.3 is 20.2 Å². The minimum atomic E-state index is -1.02. The summed E-state index contributed by atoms with van der Waals surface area (Å²) in [5.74, 6) is -0.436. The minimum Gasteiger partial charge on any atom is -0.481 e. The van der Waals surface area contributed by atoms with Crippen molar-refractivity contribution in [2.24, 2.45) is 11.1 Å². The predicted molar refractivity (Wildman–Crippen MR) is 71.0 cm³/mol. The molecular weight excluding hydrogens is 304 g/mol. The van der Waals surface area contributed by atoms with Crippen molar-refractivity contribution >= 4 is 35.4 Å². The van der Waals surface area contributed by atoms with Gasteiger partial charge in [0.05, 0.1) is 0 Å². The van der Waals surface area contributed by atoms with Gasteiger partial charge in [0.2, 0.25) is 12.3 Å². The van der Waals surface area contributed by atoms with Gasteiger partial charge in [-0.3, -0.25) is 9.59 Å². The van der Waals surface area contributed by atoms with Crippen molar-refractivity contribution in [2.45, 2.75) is 16.6 Å². The van der Waals surface area contributed by atoms with E-state index in [-0.39, 0.29) is 23.6 Å². The number of aliphatic carboxylic acids is 1. The van der Waals surface area contributed by atoms with Crippen LogP contribution < -0.4 is 5.73 Å². The van der Waals surface area contributed by atoms with Gasteiger partial charge in [-0.15, -0.1) is 22.0 Å². The number of fused-ring (bicyclic) bond motifs is 1. The first-order chi connectivity index (χ1) is 9.53. The zero-order valence-corrected chi connectivity index (χ0v) is 11.9. The number of carboxylic acid groups (broad SMARTS) is 1. The summed E-state index contributed by atoms with van der Waals surface area (Å²) < 4.78 is 4.99. The van der Waals surface area contributed by atoms with Crippen LogP contribution in [0.2, 0.25) is 0 Å². The summed E-state index contributed by atoms with van der Waals surface area (Å²) in [6, 6.07) is -0.504. The Morgan fingerprint density at radius 2 is 2.55 bits per heavy atom. The molecule has 1 aromatic heterocycles. The zero-order chi connectivity index (χ0) is 14.3. The Bertz CT molecular complexity index is 539. The number of nitrogens with two attached hydrogens (primary N) is 1. The molecule has 3 atom stereocenters. The van der Waals surface area contributed by atoms with Crippen molar-refractivity contribution in [1.82, 2.24) is 15.1 Å². The summed E-state index contributed by atoms with van der Waals surface area (Å²) in [5, 5.41) is 17.0. The van der Waals surface area contributed by atoms with E-state index in [4.69, 9.17) is 10.2 Å². The lowest BCUT2D eigenvalue weighted by Crippen LogP contribution is -2.72. The Balaban J connectivity index is 1.72. The maximum atomic E-state index is 11.7. The van der Waals surface area contributed by atoms with E-state index in [1.54, 1.807) is 4.90 Å². The van der Waals surface area contributed by atoms with Crippen molar-refractivity contribution in [2.75, 3.05) is 18.1 Å². The molecule has 0 aliphatic carbocycles. The summed E-state index contributed by atoms with van der Waals surface area (Å²) >= 11 is 2.60. The molecule has 0 radical (unpaired) electrons. The van der Waals surface area contributed by atoms with E-state index in [0.717, 1.165) is 0 Å². The Hall–Kier alpha value is -1.26. The number of carbonyl (C=O) groups is 2. The molecule has 20 heavy (non-hydrogen) atoms. The van der Waals surface area contributed by atoms with Crippen LogP contribution in [0.15, 0.2) is 16.0 Å². The highest BCUT2D eigenvalue weighted by Crippen LogP contribution is 2.43. The number of hydrogen-bond donors (Lipinski definition) is 2. The standard InChI is InChI=1S/C10H12N4O4S2/c11-5-6(15)14-1-10(8(16)17,2-19-7(5)14)3-20-9-13-12-4-18-9/h4-5,7H,1-3,11H2,(H,16,17)/t5?,7-,10?/m1/s1. The molecule has 0 saturated carbocycles.